The molecule has 0 spiro atoms. The smallest absolute Gasteiger partial charge is 0.247 e. The second kappa shape index (κ2) is 2.40. The van der Waals surface area contributed by atoms with Crippen LogP contribution in [0.15, 0.2) is 0 Å². The number of aliphatic hydroxyl groups is 5. The first-order chi connectivity index (χ1) is 5.21. The maximum Gasteiger partial charge on any atom is 0.247 e. The molecule has 0 radical (unpaired) electrons. The van der Waals surface area contributed by atoms with Crippen molar-refractivity contribution in [1.29, 1.82) is 0 Å². The van der Waals surface area contributed by atoms with E-state index in [9.17, 15) is 15.3 Å². The number of rotatable bonds is 0. The summed E-state index contributed by atoms with van der Waals surface area (Å²) in [4.78, 5) is 0. The lowest BCUT2D eigenvalue weighted by Gasteiger charge is -2.47. The molecule has 5 nitrogen and oxygen atoms in total. The van der Waals surface area contributed by atoms with Crippen molar-refractivity contribution < 1.29 is 25.5 Å². The highest BCUT2D eigenvalue weighted by molar-refractivity contribution is 5.01. The lowest BCUT2D eigenvalue weighted by molar-refractivity contribution is -0.420. The van der Waals surface area contributed by atoms with Crippen molar-refractivity contribution in [1.82, 2.24) is 0 Å². The molecule has 0 aromatic heterocycles. The Morgan fingerprint density at radius 1 is 0.917 bits per heavy atom. The summed E-state index contributed by atoms with van der Waals surface area (Å²) in [5, 5.41) is 46.2. The Kier molecular flexibility index (Phi) is 1.97. The number of hydrogen-bond acceptors (Lipinski definition) is 5. The molecule has 1 saturated carbocycles. The van der Waals surface area contributed by atoms with E-state index in [1.54, 1.807) is 0 Å². The van der Waals surface area contributed by atoms with E-state index in [0.717, 1.165) is 6.92 Å². The van der Waals surface area contributed by atoms with E-state index in [0.29, 0.717) is 6.42 Å². The third-order valence-corrected chi connectivity index (χ3v) is 2.50. The van der Waals surface area contributed by atoms with E-state index in [-0.39, 0.29) is 12.8 Å². The Balaban J connectivity index is 2.99. The lowest BCUT2D eigenvalue weighted by Crippen LogP contribution is -2.69. The largest absolute Gasteiger partial charge is 0.384 e. The summed E-state index contributed by atoms with van der Waals surface area (Å²) in [5.74, 6) is -5.49. The molecule has 72 valence electrons. The highest BCUT2D eigenvalue weighted by atomic mass is 16.6. The maximum absolute atomic E-state index is 9.42. The molecule has 1 aliphatic rings. The molecule has 0 saturated heterocycles. The van der Waals surface area contributed by atoms with Crippen LogP contribution in [0.25, 0.3) is 0 Å². The van der Waals surface area contributed by atoms with Gasteiger partial charge in [-0.05, 0) is 19.8 Å². The van der Waals surface area contributed by atoms with Gasteiger partial charge in [0.05, 0.1) is 0 Å². The van der Waals surface area contributed by atoms with Gasteiger partial charge in [0.2, 0.25) is 11.6 Å². The van der Waals surface area contributed by atoms with E-state index < -0.39 is 17.2 Å². The fourth-order valence-electron chi connectivity index (χ4n) is 1.46. The topological polar surface area (TPSA) is 101 Å². The fraction of sp³-hybridized carbons (Fsp3) is 1.00. The van der Waals surface area contributed by atoms with Gasteiger partial charge in [0, 0.05) is 6.42 Å². The van der Waals surface area contributed by atoms with Crippen LogP contribution in [-0.2, 0) is 0 Å². The van der Waals surface area contributed by atoms with Crippen LogP contribution in [0.5, 0.6) is 0 Å². The Morgan fingerprint density at radius 2 is 1.42 bits per heavy atom. The molecule has 1 aliphatic carbocycles. The van der Waals surface area contributed by atoms with Crippen LogP contribution < -0.4 is 0 Å². The zero-order valence-electron chi connectivity index (χ0n) is 6.86. The maximum atomic E-state index is 9.42. The van der Waals surface area contributed by atoms with Gasteiger partial charge in [0.1, 0.15) is 5.60 Å². The first kappa shape index (κ1) is 9.88. The van der Waals surface area contributed by atoms with E-state index in [4.69, 9.17) is 10.2 Å². The van der Waals surface area contributed by atoms with Crippen molar-refractivity contribution >= 4 is 0 Å². The molecule has 0 amide bonds. The van der Waals surface area contributed by atoms with Crippen molar-refractivity contribution in [3.63, 3.8) is 0 Å². The van der Waals surface area contributed by atoms with E-state index >= 15 is 0 Å². The predicted octanol–water partition coefficient (Wildman–Crippen LogP) is -1.72. The van der Waals surface area contributed by atoms with Crippen LogP contribution in [0, 0.1) is 0 Å². The van der Waals surface area contributed by atoms with Crippen molar-refractivity contribution in [3.8, 4) is 0 Å². The third-order valence-electron chi connectivity index (χ3n) is 2.50. The Hall–Kier alpha value is -0.200. The van der Waals surface area contributed by atoms with Gasteiger partial charge in [-0.25, -0.2) is 0 Å². The Bertz CT molecular complexity index is 166. The first-order valence-corrected chi connectivity index (χ1v) is 3.83. The molecule has 0 aromatic carbocycles. The molecule has 0 heterocycles. The van der Waals surface area contributed by atoms with Crippen molar-refractivity contribution in [3.05, 3.63) is 0 Å². The third kappa shape index (κ3) is 1.14. The lowest BCUT2D eigenvalue weighted by atomic mass is 9.76. The Morgan fingerprint density at radius 3 is 1.75 bits per heavy atom. The van der Waals surface area contributed by atoms with Crippen LogP contribution in [0.1, 0.15) is 26.2 Å². The van der Waals surface area contributed by atoms with Gasteiger partial charge in [-0.15, -0.1) is 0 Å². The molecule has 1 atom stereocenters. The average molecular weight is 178 g/mol. The zero-order valence-corrected chi connectivity index (χ0v) is 6.86. The normalized spacial score (nSPS) is 39.5. The predicted molar refractivity (Wildman–Crippen MR) is 38.8 cm³/mol. The van der Waals surface area contributed by atoms with Gasteiger partial charge in [-0.3, -0.25) is 0 Å². The summed E-state index contributed by atoms with van der Waals surface area (Å²) in [6, 6.07) is 0. The summed E-state index contributed by atoms with van der Waals surface area (Å²) in [6.07, 6.45) is 0.307. The highest BCUT2D eigenvalue weighted by Crippen LogP contribution is 2.40. The molecule has 0 bridgehead atoms. The second-order valence-electron chi connectivity index (χ2n) is 3.62. The molecule has 0 aliphatic heterocycles. The molecule has 0 aromatic rings. The summed E-state index contributed by atoms with van der Waals surface area (Å²) in [6.45, 7) is 1.16. The van der Waals surface area contributed by atoms with Crippen LogP contribution in [0.3, 0.4) is 0 Å². The minimum atomic E-state index is -2.86. The van der Waals surface area contributed by atoms with Crippen LogP contribution in [0.2, 0.25) is 0 Å². The SMILES string of the molecule is CC1(O)CCCC(O)(O)C1(O)O. The fourth-order valence-corrected chi connectivity index (χ4v) is 1.46. The van der Waals surface area contributed by atoms with Crippen LogP contribution in [-0.4, -0.2) is 42.7 Å². The summed E-state index contributed by atoms with van der Waals surface area (Å²) >= 11 is 0. The minimum Gasteiger partial charge on any atom is -0.384 e. The Labute approximate surface area is 69.9 Å². The molecule has 12 heavy (non-hydrogen) atoms. The highest BCUT2D eigenvalue weighted by Gasteiger charge is 2.61. The molecule has 1 rings (SSSR count). The van der Waals surface area contributed by atoms with E-state index in [1.165, 1.54) is 0 Å². The van der Waals surface area contributed by atoms with E-state index in [2.05, 4.69) is 0 Å². The molecule has 1 unspecified atom stereocenters. The molecule has 5 heteroatoms. The second-order valence-corrected chi connectivity index (χ2v) is 3.62. The summed E-state index contributed by atoms with van der Waals surface area (Å²) < 4.78 is 0. The van der Waals surface area contributed by atoms with Crippen LogP contribution in [0.4, 0.5) is 0 Å². The molecular weight excluding hydrogens is 164 g/mol. The monoisotopic (exact) mass is 178 g/mol. The van der Waals surface area contributed by atoms with Crippen molar-refractivity contribution in [2.45, 2.75) is 43.4 Å². The summed E-state index contributed by atoms with van der Waals surface area (Å²) in [5.41, 5.74) is -1.88. The zero-order chi connectivity index (χ0) is 9.62. The van der Waals surface area contributed by atoms with Gasteiger partial charge in [-0.1, -0.05) is 0 Å². The number of hydrogen-bond donors (Lipinski definition) is 5. The van der Waals surface area contributed by atoms with Gasteiger partial charge < -0.3 is 25.5 Å². The standard InChI is InChI=1S/C7H14O5/c1-5(8)3-2-4-6(9,10)7(5,11)12/h8-12H,2-4H2,1H3. The van der Waals surface area contributed by atoms with Crippen molar-refractivity contribution in [2.75, 3.05) is 0 Å². The van der Waals surface area contributed by atoms with Gasteiger partial charge in [0.15, 0.2) is 0 Å². The van der Waals surface area contributed by atoms with Crippen molar-refractivity contribution in [2.24, 2.45) is 0 Å². The molecule has 5 N–H and O–H groups in total. The first-order valence-electron chi connectivity index (χ1n) is 3.83. The van der Waals surface area contributed by atoms with E-state index in [1.807, 2.05) is 0 Å². The summed E-state index contributed by atoms with van der Waals surface area (Å²) in [7, 11) is 0. The van der Waals surface area contributed by atoms with Gasteiger partial charge in [-0.2, -0.15) is 0 Å². The minimum absolute atomic E-state index is 0.128. The van der Waals surface area contributed by atoms with Gasteiger partial charge >= 0.3 is 0 Å². The average Bonchev–Trinajstić information content (AvgIpc) is 1.83. The molecular formula is C7H14O5. The van der Waals surface area contributed by atoms with Gasteiger partial charge in [0.25, 0.3) is 0 Å². The quantitative estimate of drug-likeness (QED) is 0.284. The van der Waals surface area contributed by atoms with Crippen LogP contribution >= 0.6 is 0 Å². The molecule has 1 fully saturated rings.